The zero-order valence-electron chi connectivity index (χ0n) is 11.4. The molecule has 6 heteroatoms. The van der Waals surface area contributed by atoms with Crippen LogP contribution in [0.5, 0.6) is 5.75 Å². The molecule has 0 amide bonds. The third-order valence-corrected chi connectivity index (χ3v) is 3.42. The second kappa shape index (κ2) is 6.35. The molecule has 1 saturated carbocycles. The van der Waals surface area contributed by atoms with E-state index in [1.54, 1.807) is 19.2 Å². The van der Waals surface area contributed by atoms with Crippen LogP contribution >= 0.6 is 0 Å². The van der Waals surface area contributed by atoms with Crippen LogP contribution in [0.2, 0.25) is 0 Å². The summed E-state index contributed by atoms with van der Waals surface area (Å²) in [5.74, 6) is 0.651. The van der Waals surface area contributed by atoms with Gasteiger partial charge in [-0.2, -0.15) is 5.26 Å². The molecule has 20 heavy (non-hydrogen) atoms. The summed E-state index contributed by atoms with van der Waals surface area (Å²) in [6, 6.07) is 7.26. The van der Waals surface area contributed by atoms with Gasteiger partial charge in [0, 0.05) is 43.2 Å². The number of hydrogen-bond donors (Lipinski definition) is 0. The summed E-state index contributed by atoms with van der Waals surface area (Å²) < 4.78 is 5.27. The number of nitrogens with zero attached hydrogens (tertiary/aromatic N) is 3. The topological polar surface area (TPSA) is 79.4 Å². The number of nitro groups is 1. The zero-order chi connectivity index (χ0) is 14.5. The lowest BCUT2D eigenvalue weighted by molar-refractivity contribution is -0.385. The summed E-state index contributed by atoms with van der Waals surface area (Å²) in [7, 11) is 1.56. The molecule has 2 rings (SSSR count). The van der Waals surface area contributed by atoms with Crippen molar-refractivity contribution in [2.75, 3.05) is 13.7 Å². The second-order valence-corrected chi connectivity index (χ2v) is 4.86. The highest BCUT2D eigenvalue weighted by Crippen LogP contribution is 2.31. The molecule has 0 N–H and O–H groups in total. The lowest BCUT2D eigenvalue weighted by Crippen LogP contribution is -2.26. The van der Waals surface area contributed by atoms with Gasteiger partial charge in [-0.3, -0.25) is 15.0 Å². The van der Waals surface area contributed by atoms with E-state index < -0.39 is 4.92 Å². The van der Waals surface area contributed by atoms with Gasteiger partial charge in [-0.05, 0) is 18.9 Å². The van der Waals surface area contributed by atoms with Crippen molar-refractivity contribution in [3.63, 3.8) is 0 Å². The van der Waals surface area contributed by atoms with Gasteiger partial charge in [-0.15, -0.1) is 0 Å². The summed E-state index contributed by atoms with van der Waals surface area (Å²) in [6.07, 6.45) is 2.72. The SMILES string of the molecule is COc1ccc([N+](=O)[O-])cc1CN(CCC#N)C1CC1. The van der Waals surface area contributed by atoms with Crippen molar-refractivity contribution < 1.29 is 9.66 Å². The van der Waals surface area contributed by atoms with Gasteiger partial charge >= 0.3 is 0 Å². The van der Waals surface area contributed by atoms with Crippen molar-refractivity contribution in [1.29, 1.82) is 5.26 Å². The molecule has 0 aliphatic heterocycles. The predicted molar refractivity (Wildman–Crippen MR) is 73.3 cm³/mol. The highest BCUT2D eigenvalue weighted by Gasteiger charge is 2.29. The van der Waals surface area contributed by atoms with Gasteiger partial charge in [-0.1, -0.05) is 0 Å². The first-order chi connectivity index (χ1) is 9.65. The van der Waals surface area contributed by atoms with E-state index in [1.165, 1.54) is 6.07 Å². The molecule has 1 aromatic carbocycles. The normalized spacial score (nSPS) is 14.1. The summed E-state index contributed by atoms with van der Waals surface area (Å²) in [6.45, 7) is 1.27. The summed E-state index contributed by atoms with van der Waals surface area (Å²) >= 11 is 0. The van der Waals surface area contributed by atoms with E-state index in [0.717, 1.165) is 18.4 Å². The maximum atomic E-state index is 10.9. The minimum atomic E-state index is -0.403. The Morgan fingerprint density at radius 1 is 1.55 bits per heavy atom. The molecule has 1 fully saturated rings. The summed E-state index contributed by atoms with van der Waals surface area (Å²) in [5, 5.41) is 19.6. The Labute approximate surface area is 117 Å². The third-order valence-electron chi connectivity index (χ3n) is 3.42. The smallest absolute Gasteiger partial charge is 0.270 e. The van der Waals surface area contributed by atoms with Crippen LogP contribution in [0.1, 0.15) is 24.8 Å². The molecule has 6 nitrogen and oxygen atoms in total. The van der Waals surface area contributed by atoms with Crippen molar-refractivity contribution in [2.24, 2.45) is 0 Å². The molecule has 0 unspecified atom stereocenters. The largest absolute Gasteiger partial charge is 0.496 e. The molecule has 0 aromatic heterocycles. The van der Waals surface area contributed by atoms with Crippen LogP contribution in [0, 0.1) is 21.4 Å². The van der Waals surface area contributed by atoms with E-state index in [1.807, 2.05) is 0 Å². The Bertz CT molecular complexity index is 535. The third kappa shape index (κ3) is 3.45. The van der Waals surface area contributed by atoms with E-state index in [0.29, 0.717) is 31.3 Å². The summed E-state index contributed by atoms with van der Waals surface area (Å²) in [5.41, 5.74) is 0.864. The number of nitro benzene ring substituents is 1. The van der Waals surface area contributed by atoms with Gasteiger partial charge in [0.15, 0.2) is 0 Å². The van der Waals surface area contributed by atoms with Gasteiger partial charge in [0.2, 0.25) is 0 Å². The van der Waals surface area contributed by atoms with Crippen LogP contribution in [-0.2, 0) is 6.54 Å². The highest BCUT2D eigenvalue weighted by atomic mass is 16.6. The maximum absolute atomic E-state index is 10.9. The van der Waals surface area contributed by atoms with Gasteiger partial charge in [0.25, 0.3) is 5.69 Å². The lowest BCUT2D eigenvalue weighted by atomic mass is 10.1. The highest BCUT2D eigenvalue weighted by molar-refractivity contribution is 5.43. The molecule has 1 aliphatic rings. The molecule has 0 saturated heterocycles. The fourth-order valence-electron chi connectivity index (χ4n) is 2.24. The van der Waals surface area contributed by atoms with E-state index in [9.17, 15) is 10.1 Å². The van der Waals surface area contributed by atoms with Crippen LogP contribution in [-0.4, -0.2) is 29.5 Å². The van der Waals surface area contributed by atoms with Crippen LogP contribution in [0.4, 0.5) is 5.69 Å². The minimum absolute atomic E-state index is 0.0665. The predicted octanol–water partition coefficient (Wildman–Crippen LogP) is 2.48. The van der Waals surface area contributed by atoms with Crippen molar-refractivity contribution in [3.8, 4) is 11.8 Å². The molecular formula is C14H17N3O3. The molecule has 0 bridgehead atoms. The van der Waals surface area contributed by atoms with Crippen molar-refractivity contribution in [2.45, 2.75) is 31.8 Å². The van der Waals surface area contributed by atoms with Gasteiger partial charge in [0.05, 0.1) is 18.1 Å². The fraction of sp³-hybridized carbons (Fsp3) is 0.500. The molecule has 1 aliphatic carbocycles. The van der Waals surface area contributed by atoms with Crippen molar-refractivity contribution in [3.05, 3.63) is 33.9 Å². The number of nitriles is 1. The van der Waals surface area contributed by atoms with E-state index in [-0.39, 0.29) is 5.69 Å². The van der Waals surface area contributed by atoms with Gasteiger partial charge in [-0.25, -0.2) is 0 Å². The first kappa shape index (κ1) is 14.3. The molecule has 0 atom stereocenters. The van der Waals surface area contributed by atoms with Gasteiger partial charge < -0.3 is 4.74 Å². The van der Waals surface area contributed by atoms with Crippen LogP contribution in [0.3, 0.4) is 0 Å². The van der Waals surface area contributed by atoms with Crippen LogP contribution in [0.25, 0.3) is 0 Å². The Kier molecular flexibility index (Phi) is 4.53. The van der Waals surface area contributed by atoms with E-state index in [4.69, 9.17) is 10.00 Å². The zero-order valence-corrected chi connectivity index (χ0v) is 11.4. The quantitative estimate of drug-likeness (QED) is 0.564. The Hall–Kier alpha value is -2.13. The van der Waals surface area contributed by atoms with Crippen LogP contribution in [0.15, 0.2) is 18.2 Å². The first-order valence-electron chi connectivity index (χ1n) is 6.58. The van der Waals surface area contributed by atoms with E-state index >= 15 is 0 Å². The molecule has 0 heterocycles. The van der Waals surface area contributed by atoms with Crippen molar-refractivity contribution in [1.82, 2.24) is 4.90 Å². The number of methoxy groups -OCH3 is 1. The number of rotatable bonds is 7. The molecule has 0 radical (unpaired) electrons. The standard InChI is InChI=1S/C14H17N3O3/c1-20-14-6-5-13(17(18)19)9-11(14)10-16(8-2-7-15)12-3-4-12/h5-6,9,12H,2-4,8,10H2,1H3. The Morgan fingerprint density at radius 3 is 2.85 bits per heavy atom. The Balaban J connectivity index is 2.18. The maximum Gasteiger partial charge on any atom is 0.270 e. The summed E-state index contributed by atoms with van der Waals surface area (Å²) in [4.78, 5) is 12.7. The number of non-ortho nitro benzene ring substituents is 1. The van der Waals surface area contributed by atoms with Crippen LogP contribution < -0.4 is 4.74 Å². The average molecular weight is 275 g/mol. The molecule has 106 valence electrons. The lowest BCUT2D eigenvalue weighted by Gasteiger charge is -2.21. The molecular weight excluding hydrogens is 258 g/mol. The molecule has 0 spiro atoms. The number of hydrogen-bond acceptors (Lipinski definition) is 5. The minimum Gasteiger partial charge on any atom is -0.496 e. The second-order valence-electron chi connectivity index (χ2n) is 4.86. The fourth-order valence-corrected chi connectivity index (χ4v) is 2.24. The monoisotopic (exact) mass is 275 g/mol. The average Bonchev–Trinajstić information content (AvgIpc) is 3.27. The van der Waals surface area contributed by atoms with E-state index in [2.05, 4.69) is 11.0 Å². The van der Waals surface area contributed by atoms with Crippen molar-refractivity contribution >= 4 is 5.69 Å². The van der Waals surface area contributed by atoms with Gasteiger partial charge in [0.1, 0.15) is 5.75 Å². The number of ether oxygens (including phenoxy) is 1. The number of benzene rings is 1. The molecule has 1 aromatic rings. The Morgan fingerprint density at radius 2 is 2.30 bits per heavy atom. The first-order valence-corrected chi connectivity index (χ1v) is 6.58.